The number of likely N-dealkylation sites (tertiary alicyclic amines) is 1. The number of hydrogen-bond donors (Lipinski definition) is 1. The second-order valence-electron chi connectivity index (χ2n) is 6.85. The van der Waals surface area contributed by atoms with Crippen molar-refractivity contribution in [3.63, 3.8) is 0 Å². The zero-order valence-corrected chi connectivity index (χ0v) is 12.9. The highest BCUT2D eigenvalue weighted by Gasteiger charge is 2.31. The number of rotatable bonds is 5. The summed E-state index contributed by atoms with van der Waals surface area (Å²) < 4.78 is 0. The summed E-state index contributed by atoms with van der Waals surface area (Å²) in [6.07, 6.45) is 5.42. The first-order chi connectivity index (χ1) is 9.70. The van der Waals surface area contributed by atoms with Crippen LogP contribution >= 0.6 is 0 Å². The van der Waals surface area contributed by atoms with Crippen molar-refractivity contribution in [3.8, 4) is 0 Å². The van der Waals surface area contributed by atoms with Crippen molar-refractivity contribution in [3.05, 3.63) is 35.4 Å². The lowest BCUT2D eigenvalue weighted by atomic mass is 9.75. The topological polar surface area (TPSA) is 15.3 Å². The molecule has 1 aromatic rings. The molecule has 0 spiro atoms. The van der Waals surface area contributed by atoms with Crippen LogP contribution in [0.1, 0.15) is 49.7 Å². The third-order valence-electron chi connectivity index (χ3n) is 4.90. The molecule has 2 fully saturated rings. The zero-order chi connectivity index (χ0) is 13.9. The Bertz CT molecular complexity index is 431. The van der Waals surface area contributed by atoms with Gasteiger partial charge in [-0.2, -0.15) is 0 Å². The standard InChI is InChI=1S/C18H28N2/c1-14-6-5-7-16(10-14)17-11-18(12-17)19-15(2)13-20-8-3-4-9-20/h5-7,10,15,17-19H,3-4,8-9,11-13H2,1-2H3. The molecule has 1 heterocycles. The molecule has 1 unspecified atom stereocenters. The molecule has 1 N–H and O–H groups in total. The van der Waals surface area contributed by atoms with Crippen LogP contribution in [-0.4, -0.2) is 36.6 Å². The van der Waals surface area contributed by atoms with Crippen molar-refractivity contribution in [2.45, 2.75) is 57.5 Å². The fourth-order valence-corrected chi connectivity index (χ4v) is 3.76. The lowest BCUT2D eigenvalue weighted by molar-refractivity contribution is 0.232. The molecule has 20 heavy (non-hydrogen) atoms. The molecule has 0 aromatic heterocycles. The monoisotopic (exact) mass is 272 g/mol. The van der Waals surface area contributed by atoms with Gasteiger partial charge in [-0.15, -0.1) is 0 Å². The van der Waals surface area contributed by atoms with Crippen molar-refractivity contribution < 1.29 is 0 Å². The molecule has 1 saturated heterocycles. The van der Waals surface area contributed by atoms with Crippen LogP contribution in [0.2, 0.25) is 0 Å². The van der Waals surface area contributed by atoms with Crippen LogP contribution in [0.15, 0.2) is 24.3 Å². The first kappa shape index (κ1) is 14.1. The molecule has 0 radical (unpaired) electrons. The number of hydrogen-bond acceptors (Lipinski definition) is 2. The Kier molecular flexibility index (Phi) is 4.42. The van der Waals surface area contributed by atoms with E-state index in [1.165, 1.54) is 56.4 Å². The smallest absolute Gasteiger partial charge is 0.0169 e. The predicted molar refractivity (Wildman–Crippen MR) is 85.2 cm³/mol. The summed E-state index contributed by atoms with van der Waals surface area (Å²) in [5, 5.41) is 3.82. The minimum Gasteiger partial charge on any atom is -0.310 e. The van der Waals surface area contributed by atoms with Gasteiger partial charge in [0.25, 0.3) is 0 Å². The summed E-state index contributed by atoms with van der Waals surface area (Å²) in [6, 6.07) is 10.4. The maximum atomic E-state index is 3.82. The Morgan fingerprint density at radius 1 is 1.25 bits per heavy atom. The van der Waals surface area contributed by atoms with E-state index in [-0.39, 0.29) is 0 Å². The molecule has 1 aliphatic carbocycles. The maximum absolute atomic E-state index is 3.82. The molecule has 2 nitrogen and oxygen atoms in total. The van der Waals surface area contributed by atoms with Gasteiger partial charge in [0.15, 0.2) is 0 Å². The van der Waals surface area contributed by atoms with Gasteiger partial charge >= 0.3 is 0 Å². The quantitative estimate of drug-likeness (QED) is 0.884. The lowest BCUT2D eigenvalue weighted by Gasteiger charge is -2.39. The Morgan fingerprint density at radius 2 is 2.00 bits per heavy atom. The summed E-state index contributed by atoms with van der Waals surface area (Å²) >= 11 is 0. The molecule has 1 atom stereocenters. The SMILES string of the molecule is Cc1cccc(C2CC(NC(C)CN3CCCC3)C2)c1. The predicted octanol–water partition coefficient (Wildman–Crippen LogP) is 3.31. The Hall–Kier alpha value is -0.860. The van der Waals surface area contributed by atoms with Gasteiger partial charge in [-0.3, -0.25) is 0 Å². The third-order valence-corrected chi connectivity index (χ3v) is 4.90. The summed E-state index contributed by atoms with van der Waals surface area (Å²) in [5.41, 5.74) is 2.93. The largest absolute Gasteiger partial charge is 0.310 e. The Balaban J connectivity index is 1.41. The van der Waals surface area contributed by atoms with Crippen LogP contribution in [-0.2, 0) is 0 Å². The normalized spacial score (nSPS) is 28.3. The van der Waals surface area contributed by atoms with Crippen LogP contribution in [0.3, 0.4) is 0 Å². The average Bonchev–Trinajstić information content (AvgIpc) is 2.86. The van der Waals surface area contributed by atoms with E-state index >= 15 is 0 Å². The van der Waals surface area contributed by atoms with Gasteiger partial charge in [0, 0.05) is 18.6 Å². The van der Waals surface area contributed by atoms with Crippen molar-refractivity contribution in [1.29, 1.82) is 0 Å². The van der Waals surface area contributed by atoms with Crippen LogP contribution in [0.4, 0.5) is 0 Å². The Labute approximate surface area is 123 Å². The van der Waals surface area contributed by atoms with E-state index in [0.29, 0.717) is 6.04 Å². The highest BCUT2D eigenvalue weighted by molar-refractivity contribution is 5.27. The van der Waals surface area contributed by atoms with Gasteiger partial charge < -0.3 is 10.2 Å². The molecule has 1 aromatic carbocycles. The Morgan fingerprint density at radius 3 is 2.70 bits per heavy atom. The zero-order valence-electron chi connectivity index (χ0n) is 12.9. The number of aryl methyl sites for hydroxylation is 1. The van der Waals surface area contributed by atoms with Crippen molar-refractivity contribution in [1.82, 2.24) is 10.2 Å². The average molecular weight is 272 g/mol. The van der Waals surface area contributed by atoms with Crippen molar-refractivity contribution >= 4 is 0 Å². The second-order valence-corrected chi connectivity index (χ2v) is 6.85. The van der Waals surface area contributed by atoms with Gasteiger partial charge in [0.1, 0.15) is 0 Å². The van der Waals surface area contributed by atoms with Gasteiger partial charge in [-0.05, 0) is 64.1 Å². The summed E-state index contributed by atoms with van der Waals surface area (Å²) in [5.74, 6) is 0.784. The number of nitrogens with zero attached hydrogens (tertiary/aromatic N) is 1. The third kappa shape index (κ3) is 3.42. The van der Waals surface area contributed by atoms with Crippen LogP contribution in [0, 0.1) is 6.92 Å². The van der Waals surface area contributed by atoms with E-state index in [2.05, 4.69) is 48.3 Å². The molecule has 2 aliphatic rings. The second kappa shape index (κ2) is 6.28. The van der Waals surface area contributed by atoms with Gasteiger partial charge in [-0.1, -0.05) is 29.8 Å². The first-order valence-corrected chi connectivity index (χ1v) is 8.25. The van der Waals surface area contributed by atoms with E-state index in [1.54, 1.807) is 0 Å². The molecule has 3 rings (SSSR count). The molecular weight excluding hydrogens is 244 g/mol. The van der Waals surface area contributed by atoms with E-state index < -0.39 is 0 Å². The van der Waals surface area contributed by atoms with Crippen LogP contribution < -0.4 is 5.32 Å². The maximum Gasteiger partial charge on any atom is 0.0169 e. The molecule has 0 amide bonds. The molecule has 2 heteroatoms. The number of nitrogens with one attached hydrogen (secondary N) is 1. The molecule has 110 valence electrons. The fourth-order valence-electron chi connectivity index (χ4n) is 3.76. The van der Waals surface area contributed by atoms with Crippen LogP contribution in [0.25, 0.3) is 0 Å². The molecule has 1 aliphatic heterocycles. The minimum absolute atomic E-state index is 0.636. The summed E-state index contributed by atoms with van der Waals surface area (Å²) in [4.78, 5) is 2.61. The van der Waals surface area contributed by atoms with Crippen molar-refractivity contribution in [2.75, 3.05) is 19.6 Å². The highest BCUT2D eigenvalue weighted by Crippen LogP contribution is 2.37. The summed E-state index contributed by atoms with van der Waals surface area (Å²) in [6.45, 7) is 8.38. The number of benzene rings is 1. The molecule has 1 saturated carbocycles. The molecule has 0 bridgehead atoms. The molecular formula is C18H28N2. The van der Waals surface area contributed by atoms with E-state index in [9.17, 15) is 0 Å². The summed E-state index contributed by atoms with van der Waals surface area (Å²) in [7, 11) is 0. The van der Waals surface area contributed by atoms with E-state index in [4.69, 9.17) is 0 Å². The van der Waals surface area contributed by atoms with Crippen LogP contribution in [0.5, 0.6) is 0 Å². The minimum atomic E-state index is 0.636. The first-order valence-electron chi connectivity index (χ1n) is 8.25. The van der Waals surface area contributed by atoms with E-state index in [0.717, 1.165) is 12.0 Å². The highest BCUT2D eigenvalue weighted by atomic mass is 15.2. The lowest BCUT2D eigenvalue weighted by Crippen LogP contribution is -2.48. The van der Waals surface area contributed by atoms with Gasteiger partial charge in [0.2, 0.25) is 0 Å². The fraction of sp³-hybridized carbons (Fsp3) is 0.667. The van der Waals surface area contributed by atoms with Gasteiger partial charge in [-0.25, -0.2) is 0 Å². The van der Waals surface area contributed by atoms with E-state index in [1.807, 2.05) is 0 Å². The van der Waals surface area contributed by atoms with Gasteiger partial charge in [0.05, 0.1) is 0 Å². The van der Waals surface area contributed by atoms with Crippen molar-refractivity contribution in [2.24, 2.45) is 0 Å².